The average molecular weight is 651 g/mol. The highest BCUT2D eigenvalue weighted by Gasteiger charge is 2.46. The first-order valence-electron chi connectivity index (χ1n) is 17.3. The Morgan fingerprint density at radius 2 is 1.60 bits per heavy atom. The Bertz CT molecular complexity index is 1380. The molecule has 6 rings (SSSR count). The number of anilines is 1. The van der Waals surface area contributed by atoms with E-state index in [9.17, 15) is 14.0 Å². The molecule has 2 N–H and O–H groups in total. The smallest absolute Gasteiger partial charge is 0.227 e. The van der Waals surface area contributed by atoms with Crippen LogP contribution in [0.1, 0.15) is 61.5 Å². The van der Waals surface area contributed by atoms with Crippen molar-refractivity contribution in [3.8, 4) is 5.75 Å². The number of amides is 2. The molecule has 2 amide bonds. The molecule has 4 atom stereocenters. The van der Waals surface area contributed by atoms with E-state index in [1.165, 1.54) is 11.6 Å². The molecular weight excluding hydrogens is 599 g/mol. The van der Waals surface area contributed by atoms with Crippen molar-refractivity contribution in [2.75, 3.05) is 72.1 Å². The first-order chi connectivity index (χ1) is 22.8. The lowest BCUT2D eigenvalue weighted by Crippen LogP contribution is -2.40. The zero-order valence-corrected chi connectivity index (χ0v) is 28.1. The van der Waals surface area contributed by atoms with Crippen molar-refractivity contribution in [2.24, 2.45) is 23.5 Å². The molecule has 4 fully saturated rings. The van der Waals surface area contributed by atoms with Crippen LogP contribution in [0.15, 0.2) is 42.5 Å². The SMILES string of the molecule is COC[C@H]1CN(C(=O)[C@@H]2CN([C@H]3CC[C@H](OC)CC3)C[C@H]2c2ccc(OC)cc2)C[C@@H]1c1ccc(F)cc1N1CCC(C(N)=O)CC1. The number of halogens is 1. The number of hydrogen-bond donors (Lipinski definition) is 1. The fourth-order valence-electron chi connectivity index (χ4n) is 8.75. The quantitative estimate of drug-likeness (QED) is 0.407. The van der Waals surface area contributed by atoms with E-state index in [1.807, 2.05) is 23.1 Å². The highest BCUT2D eigenvalue weighted by atomic mass is 19.1. The maximum atomic E-state index is 14.7. The zero-order chi connectivity index (χ0) is 33.1. The molecule has 2 aromatic carbocycles. The van der Waals surface area contributed by atoms with Crippen molar-refractivity contribution < 1.29 is 28.2 Å². The van der Waals surface area contributed by atoms with Crippen LogP contribution in [-0.2, 0) is 19.1 Å². The topological polar surface area (TPSA) is 97.6 Å². The molecule has 256 valence electrons. The molecule has 3 aliphatic heterocycles. The van der Waals surface area contributed by atoms with Gasteiger partial charge in [0.25, 0.3) is 0 Å². The van der Waals surface area contributed by atoms with Gasteiger partial charge in [0.15, 0.2) is 0 Å². The minimum Gasteiger partial charge on any atom is -0.497 e. The van der Waals surface area contributed by atoms with Crippen LogP contribution in [0.4, 0.5) is 10.1 Å². The maximum absolute atomic E-state index is 14.7. The summed E-state index contributed by atoms with van der Waals surface area (Å²) in [7, 11) is 5.18. The van der Waals surface area contributed by atoms with E-state index in [-0.39, 0.29) is 47.2 Å². The lowest BCUT2D eigenvalue weighted by atomic mass is 9.87. The molecule has 0 aromatic heterocycles. The fourth-order valence-corrected chi connectivity index (χ4v) is 8.75. The first-order valence-corrected chi connectivity index (χ1v) is 17.3. The summed E-state index contributed by atoms with van der Waals surface area (Å²) in [5, 5.41) is 0. The second-order valence-corrected chi connectivity index (χ2v) is 14.0. The molecule has 0 radical (unpaired) electrons. The molecule has 3 heterocycles. The second kappa shape index (κ2) is 14.9. The van der Waals surface area contributed by atoms with Gasteiger partial charge in [-0.1, -0.05) is 18.2 Å². The lowest BCUT2D eigenvalue weighted by Gasteiger charge is -2.35. The van der Waals surface area contributed by atoms with Gasteiger partial charge in [0.05, 0.1) is 25.7 Å². The van der Waals surface area contributed by atoms with Crippen LogP contribution in [0.3, 0.4) is 0 Å². The van der Waals surface area contributed by atoms with E-state index in [1.54, 1.807) is 27.4 Å². The predicted molar refractivity (Wildman–Crippen MR) is 179 cm³/mol. The largest absolute Gasteiger partial charge is 0.497 e. The molecule has 4 aliphatic rings. The maximum Gasteiger partial charge on any atom is 0.227 e. The molecule has 3 saturated heterocycles. The molecule has 0 bridgehead atoms. The number of carbonyl (C=O) groups is 2. The normalized spacial score (nSPS) is 28.9. The van der Waals surface area contributed by atoms with Gasteiger partial charge >= 0.3 is 0 Å². The molecular formula is C37H51FN4O5. The van der Waals surface area contributed by atoms with E-state index in [0.717, 1.165) is 55.8 Å². The van der Waals surface area contributed by atoms with Crippen LogP contribution in [0.5, 0.6) is 5.75 Å². The van der Waals surface area contributed by atoms with Gasteiger partial charge in [-0.3, -0.25) is 14.5 Å². The third-order valence-corrected chi connectivity index (χ3v) is 11.5. The summed E-state index contributed by atoms with van der Waals surface area (Å²) in [6, 6.07) is 13.7. The Morgan fingerprint density at radius 1 is 0.872 bits per heavy atom. The Balaban J connectivity index is 1.24. The van der Waals surface area contributed by atoms with Gasteiger partial charge in [-0.25, -0.2) is 4.39 Å². The molecule has 10 heteroatoms. The number of primary amides is 1. The Hall–Kier alpha value is -3.21. The number of hydrogen-bond acceptors (Lipinski definition) is 7. The molecule has 2 aromatic rings. The van der Waals surface area contributed by atoms with Crippen LogP contribution in [-0.4, -0.2) is 101 Å². The monoisotopic (exact) mass is 650 g/mol. The summed E-state index contributed by atoms with van der Waals surface area (Å²) in [6.07, 6.45) is 5.90. The number of methoxy groups -OCH3 is 3. The van der Waals surface area contributed by atoms with Crippen molar-refractivity contribution in [3.63, 3.8) is 0 Å². The van der Waals surface area contributed by atoms with E-state index in [2.05, 4.69) is 21.9 Å². The lowest BCUT2D eigenvalue weighted by molar-refractivity contribution is -0.134. The minimum atomic E-state index is -0.289. The van der Waals surface area contributed by atoms with Crippen LogP contribution in [0, 0.1) is 23.6 Å². The fraction of sp³-hybridized carbons (Fsp3) is 0.622. The summed E-state index contributed by atoms with van der Waals surface area (Å²) in [5.74, 6) is 0.299. The Morgan fingerprint density at radius 3 is 2.23 bits per heavy atom. The Kier molecular flexibility index (Phi) is 10.7. The van der Waals surface area contributed by atoms with Gasteiger partial charge in [0.2, 0.25) is 11.8 Å². The first kappa shape index (κ1) is 33.7. The second-order valence-electron chi connectivity index (χ2n) is 14.0. The molecule has 1 saturated carbocycles. The summed E-state index contributed by atoms with van der Waals surface area (Å²) < 4.78 is 31.5. The highest BCUT2D eigenvalue weighted by Crippen LogP contribution is 2.43. The van der Waals surface area contributed by atoms with Crippen molar-refractivity contribution >= 4 is 17.5 Å². The number of benzene rings is 2. The number of ether oxygens (including phenoxy) is 3. The molecule has 0 unspecified atom stereocenters. The van der Waals surface area contributed by atoms with Crippen molar-refractivity contribution in [1.82, 2.24) is 9.80 Å². The summed E-state index contributed by atoms with van der Waals surface area (Å²) in [4.78, 5) is 33.2. The number of likely N-dealkylation sites (tertiary alicyclic amines) is 2. The summed E-state index contributed by atoms with van der Waals surface area (Å²) in [6.45, 7) is 4.55. The van der Waals surface area contributed by atoms with Gasteiger partial charge in [-0.2, -0.15) is 0 Å². The van der Waals surface area contributed by atoms with E-state index < -0.39 is 0 Å². The number of nitrogens with zero attached hydrogens (tertiary/aromatic N) is 3. The van der Waals surface area contributed by atoms with Gasteiger partial charge in [-0.05, 0) is 73.9 Å². The molecule has 1 aliphatic carbocycles. The van der Waals surface area contributed by atoms with Crippen molar-refractivity contribution in [3.05, 3.63) is 59.4 Å². The Labute approximate surface area is 278 Å². The summed E-state index contributed by atoms with van der Waals surface area (Å²) in [5.41, 5.74) is 8.65. The average Bonchev–Trinajstić information content (AvgIpc) is 3.74. The number of piperidine rings is 1. The van der Waals surface area contributed by atoms with Gasteiger partial charge in [0, 0.05) is 88.9 Å². The van der Waals surface area contributed by atoms with E-state index in [4.69, 9.17) is 19.9 Å². The van der Waals surface area contributed by atoms with Gasteiger partial charge < -0.3 is 29.7 Å². The summed E-state index contributed by atoms with van der Waals surface area (Å²) >= 11 is 0. The van der Waals surface area contributed by atoms with E-state index >= 15 is 0 Å². The molecule has 9 nitrogen and oxygen atoms in total. The van der Waals surface area contributed by atoms with Crippen LogP contribution < -0.4 is 15.4 Å². The molecule has 0 spiro atoms. The predicted octanol–water partition coefficient (Wildman–Crippen LogP) is 4.40. The molecule has 47 heavy (non-hydrogen) atoms. The third-order valence-electron chi connectivity index (χ3n) is 11.5. The number of carbonyl (C=O) groups excluding carboxylic acids is 2. The van der Waals surface area contributed by atoms with E-state index in [0.29, 0.717) is 57.8 Å². The van der Waals surface area contributed by atoms with Crippen molar-refractivity contribution in [1.29, 1.82) is 0 Å². The minimum absolute atomic E-state index is 0.00429. The van der Waals surface area contributed by atoms with Crippen LogP contribution in [0.2, 0.25) is 0 Å². The van der Waals surface area contributed by atoms with Crippen LogP contribution >= 0.6 is 0 Å². The number of nitrogens with two attached hydrogens (primary N) is 1. The highest BCUT2D eigenvalue weighted by molar-refractivity contribution is 5.81. The third kappa shape index (κ3) is 7.29. The van der Waals surface area contributed by atoms with Gasteiger partial charge in [0.1, 0.15) is 11.6 Å². The van der Waals surface area contributed by atoms with Crippen molar-refractivity contribution in [2.45, 2.75) is 62.5 Å². The van der Waals surface area contributed by atoms with Crippen LogP contribution in [0.25, 0.3) is 0 Å². The van der Waals surface area contributed by atoms with Gasteiger partial charge in [-0.15, -0.1) is 0 Å². The number of rotatable bonds is 10. The zero-order valence-electron chi connectivity index (χ0n) is 28.1. The standard InChI is InChI=1S/C37H51FN4O5/c1-45-23-26-19-42(21-33(26)31-13-6-27(38)18-35(31)40-16-14-25(15-17-40)36(39)43)37(44)34-22-41(28-7-11-30(47-3)12-8-28)20-32(34)24-4-9-29(46-2)10-5-24/h4-6,9-10,13,18,25-26,28,30,32-34H,7-8,11-12,14-17,19-23H2,1-3H3,(H2,39,43)/t26-,28-,30-,32+,33+,34-/m1/s1.